The van der Waals surface area contributed by atoms with Gasteiger partial charge >= 0.3 is 6.18 Å². The monoisotopic (exact) mass is 600 g/mol. The van der Waals surface area contributed by atoms with Crippen LogP contribution in [0.15, 0.2) is 56.9 Å². The number of alkyl halides is 3. The molecule has 2 aliphatic rings. The molecule has 0 radical (unpaired) electrons. The first-order valence-electron chi connectivity index (χ1n) is 14.2. The average molecular weight is 601 g/mol. The van der Waals surface area contributed by atoms with Crippen LogP contribution in [0.1, 0.15) is 67.8 Å². The van der Waals surface area contributed by atoms with Gasteiger partial charge in [-0.2, -0.15) is 13.2 Å². The van der Waals surface area contributed by atoms with Crippen LogP contribution in [0.2, 0.25) is 0 Å². The van der Waals surface area contributed by atoms with Gasteiger partial charge in [-0.1, -0.05) is 54.4 Å². The Labute approximate surface area is 248 Å². The van der Waals surface area contributed by atoms with Crippen LogP contribution in [0.25, 0.3) is 11.1 Å². The van der Waals surface area contributed by atoms with E-state index in [-0.39, 0.29) is 24.7 Å². The van der Waals surface area contributed by atoms with Crippen molar-refractivity contribution in [3.05, 3.63) is 64.8 Å². The van der Waals surface area contributed by atoms with Gasteiger partial charge < -0.3 is 9.26 Å². The number of nitrogens with zero attached hydrogens (tertiary/aromatic N) is 3. The number of aromatic nitrogens is 1. The highest BCUT2D eigenvalue weighted by atomic mass is 32.2. The fraction of sp³-hybridized carbons (Fsp3) is 0.452. The molecule has 5 rings (SSSR count). The lowest BCUT2D eigenvalue weighted by Crippen LogP contribution is -2.40. The summed E-state index contributed by atoms with van der Waals surface area (Å²) in [5, 5.41) is 4.01. The quantitative estimate of drug-likeness (QED) is 0.225. The Kier molecular flexibility index (Phi) is 8.98. The second-order valence-electron chi connectivity index (χ2n) is 10.8. The van der Waals surface area contributed by atoms with Crippen molar-refractivity contribution < 1.29 is 27.2 Å². The molecule has 3 aromatic rings. The van der Waals surface area contributed by atoms with E-state index in [0.29, 0.717) is 31.9 Å². The average Bonchev–Trinajstić information content (AvgIpc) is 3.64. The van der Waals surface area contributed by atoms with Crippen LogP contribution in [0.4, 0.5) is 19.1 Å². The maximum atomic E-state index is 13.6. The SMILES string of the molecule is CCOCc1cc(CN2C(=O)C3(CCCC3)N=C2CCC(F)(F)F)ccc1-c1ccccc1SNc1onc(C)c1C. The van der Waals surface area contributed by atoms with Crippen molar-refractivity contribution >= 4 is 29.6 Å². The Morgan fingerprint density at radius 1 is 1.12 bits per heavy atom. The molecule has 11 heteroatoms. The van der Waals surface area contributed by atoms with Crippen LogP contribution in [-0.4, -0.2) is 40.1 Å². The second kappa shape index (κ2) is 12.5. The first-order chi connectivity index (χ1) is 20.1. The predicted octanol–water partition coefficient (Wildman–Crippen LogP) is 8.01. The lowest BCUT2D eigenvalue weighted by atomic mass is 9.96. The molecule has 1 fully saturated rings. The third-order valence-electron chi connectivity index (χ3n) is 7.92. The summed E-state index contributed by atoms with van der Waals surface area (Å²) in [6.07, 6.45) is -2.75. The number of ether oxygens (including phenoxy) is 1. The molecule has 1 amide bonds. The fourth-order valence-electron chi connectivity index (χ4n) is 5.53. The van der Waals surface area contributed by atoms with E-state index < -0.39 is 18.1 Å². The summed E-state index contributed by atoms with van der Waals surface area (Å²) in [7, 11) is 0. The normalized spacial score (nSPS) is 16.5. The van der Waals surface area contributed by atoms with E-state index in [1.807, 2.05) is 63.2 Å². The van der Waals surface area contributed by atoms with Crippen molar-refractivity contribution in [1.29, 1.82) is 0 Å². The summed E-state index contributed by atoms with van der Waals surface area (Å²) < 4.78 is 53.8. The molecule has 1 spiro atoms. The van der Waals surface area contributed by atoms with Crippen LogP contribution in [-0.2, 0) is 22.7 Å². The van der Waals surface area contributed by atoms with Gasteiger partial charge in [0.25, 0.3) is 5.91 Å². The lowest BCUT2D eigenvalue weighted by molar-refractivity contribution is -0.135. The first-order valence-corrected chi connectivity index (χ1v) is 15.0. The summed E-state index contributed by atoms with van der Waals surface area (Å²) in [5.74, 6) is 0.647. The largest absolute Gasteiger partial charge is 0.389 e. The van der Waals surface area contributed by atoms with Crippen molar-refractivity contribution in [3.63, 3.8) is 0 Å². The molecule has 0 atom stereocenters. The fourth-order valence-corrected chi connectivity index (χ4v) is 6.36. The van der Waals surface area contributed by atoms with Crippen molar-refractivity contribution in [2.45, 2.75) is 89.1 Å². The van der Waals surface area contributed by atoms with Crippen molar-refractivity contribution in [2.75, 3.05) is 11.3 Å². The van der Waals surface area contributed by atoms with Gasteiger partial charge in [0.2, 0.25) is 5.88 Å². The number of hydrogen-bond acceptors (Lipinski definition) is 7. The Morgan fingerprint density at radius 3 is 2.57 bits per heavy atom. The molecule has 2 aromatic carbocycles. The summed E-state index contributed by atoms with van der Waals surface area (Å²) in [6, 6.07) is 13.9. The highest BCUT2D eigenvalue weighted by molar-refractivity contribution is 8.00. The minimum atomic E-state index is -4.32. The molecule has 1 aromatic heterocycles. The summed E-state index contributed by atoms with van der Waals surface area (Å²) in [5.41, 5.74) is 4.54. The third kappa shape index (κ3) is 6.52. The molecule has 42 heavy (non-hydrogen) atoms. The van der Waals surface area contributed by atoms with Crippen molar-refractivity contribution in [1.82, 2.24) is 10.1 Å². The van der Waals surface area contributed by atoms with E-state index in [2.05, 4.69) is 14.9 Å². The maximum Gasteiger partial charge on any atom is 0.389 e. The van der Waals surface area contributed by atoms with Crippen LogP contribution in [0.3, 0.4) is 0 Å². The zero-order valence-electron chi connectivity index (χ0n) is 24.0. The summed E-state index contributed by atoms with van der Waals surface area (Å²) in [6.45, 7) is 6.79. The van der Waals surface area contributed by atoms with E-state index in [1.54, 1.807) is 0 Å². The number of rotatable bonds is 11. The van der Waals surface area contributed by atoms with Crippen molar-refractivity contribution in [2.24, 2.45) is 4.99 Å². The van der Waals surface area contributed by atoms with Gasteiger partial charge in [-0.3, -0.25) is 19.4 Å². The number of benzene rings is 2. The molecular formula is C31H35F3N4O3S. The van der Waals surface area contributed by atoms with Gasteiger partial charge in [0, 0.05) is 23.5 Å². The number of anilines is 1. The number of carbonyl (C=O) groups is 1. The number of carbonyl (C=O) groups excluding carboxylic acids is 1. The van der Waals surface area contributed by atoms with E-state index in [0.717, 1.165) is 51.2 Å². The van der Waals surface area contributed by atoms with Gasteiger partial charge in [-0.25, -0.2) is 0 Å². The molecule has 1 aliphatic carbocycles. The second-order valence-corrected chi connectivity index (χ2v) is 11.7. The first kappa shape index (κ1) is 30.2. The minimum absolute atomic E-state index is 0.165. The Bertz CT molecular complexity index is 1460. The summed E-state index contributed by atoms with van der Waals surface area (Å²) >= 11 is 1.42. The smallest absolute Gasteiger partial charge is 0.377 e. The molecule has 1 saturated carbocycles. The van der Waals surface area contributed by atoms with Crippen LogP contribution in [0.5, 0.6) is 0 Å². The molecule has 2 heterocycles. The Balaban J connectivity index is 1.42. The Morgan fingerprint density at radius 2 is 1.88 bits per heavy atom. The molecule has 7 nitrogen and oxygen atoms in total. The molecule has 1 aliphatic heterocycles. The predicted molar refractivity (Wildman–Crippen MR) is 157 cm³/mol. The van der Waals surface area contributed by atoms with E-state index in [1.165, 1.54) is 16.8 Å². The lowest BCUT2D eigenvalue weighted by Gasteiger charge is -2.23. The number of amidine groups is 1. The van der Waals surface area contributed by atoms with Gasteiger partial charge in [-0.15, -0.1) is 0 Å². The van der Waals surface area contributed by atoms with Crippen LogP contribution >= 0.6 is 11.9 Å². The highest BCUT2D eigenvalue weighted by Crippen LogP contribution is 2.41. The number of halogens is 3. The van der Waals surface area contributed by atoms with Gasteiger partial charge in [0.05, 0.1) is 25.3 Å². The van der Waals surface area contributed by atoms with E-state index in [9.17, 15) is 18.0 Å². The molecule has 1 N–H and O–H groups in total. The summed E-state index contributed by atoms with van der Waals surface area (Å²) in [4.78, 5) is 20.6. The van der Waals surface area contributed by atoms with Gasteiger partial charge in [-0.05, 0) is 73.9 Å². The molecule has 0 bridgehead atoms. The van der Waals surface area contributed by atoms with E-state index in [4.69, 9.17) is 9.26 Å². The van der Waals surface area contributed by atoms with Crippen LogP contribution < -0.4 is 4.72 Å². The zero-order chi connectivity index (χ0) is 29.9. The molecular weight excluding hydrogens is 565 g/mol. The standard InChI is InChI=1S/C31H35F3N4O3S/c1-4-40-19-23-17-22(18-38-27(13-16-31(32,33)34)35-30(29(38)39)14-7-8-15-30)11-12-24(23)25-9-5-6-10-26(25)42-37-28-20(2)21(3)36-41-28/h5-6,9-12,17,37H,4,7-8,13-16,18-19H2,1-3H3. The number of aryl methyl sites for hydroxylation is 1. The van der Waals surface area contributed by atoms with Gasteiger partial charge in [0.15, 0.2) is 0 Å². The Hall–Kier alpha value is -3.31. The van der Waals surface area contributed by atoms with E-state index >= 15 is 0 Å². The number of nitrogens with one attached hydrogen (secondary N) is 1. The zero-order valence-corrected chi connectivity index (χ0v) is 24.8. The highest BCUT2D eigenvalue weighted by Gasteiger charge is 2.49. The number of aliphatic imine (C=N–C) groups is 1. The number of hydrogen-bond donors (Lipinski definition) is 1. The van der Waals surface area contributed by atoms with Gasteiger partial charge in [0.1, 0.15) is 11.4 Å². The number of amides is 1. The van der Waals surface area contributed by atoms with Crippen molar-refractivity contribution in [3.8, 4) is 11.1 Å². The van der Waals surface area contributed by atoms with Crippen LogP contribution in [0, 0.1) is 13.8 Å². The minimum Gasteiger partial charge on any atom is -0.377 e. The molecule has 0 unspecified atom stereocenters. The molecule has 0 saturated heterocycles. The third-order valence-corrected chi connectivity index (χ3v) is 8.78. The topological polar surface area (TPSA) is 80.0 Å². The maximum absolute atomic E-state index is 13.6. The molecule has 224 valence electrons.